The van der Waals surface area contributed by atoms with Gasteiger partial charge in [0.2, 0.25) is 0 Å². The number of rotatable bonds is 6. The smallest absolute Gasteiger partial charge is 0.410 e. The Morgan fingerprint density at radius 2 is 1.73 bits per heavy atom. The van der Waals surface area contributed by atoms with E-state index in [1.807, 2.05) is 64.8 Å². The molecule has 0 radical (unpaired) electrons. The van der Waals surface area contributed by atoms with E-state index < -0.39 is 36.0 Å². The summed E-state index contributed by atoms with van der Waals surface area (Å²) in [6, 6.07) is 0.361. The zero-order chi connectivity index (χ0) is 33.3. The molecule has 0 spiro atoms. The molecule has 0 aliphatic carbocycles. The molecule has 3 aliphatic heterocycles. The average Bonchev–Trinajstić information content (AvgIpc) is 3.32. The van der Waals surface area contributed by atoms with Gasteiger partial charge >= 0.3 is 18.2 Å². The Hall–Kier alpha value is -2.89. The van der Waals surface area contributed by atoms with E-state index in [-0.39, 0.29) is 55.9 Å². The number of hydrogen-bond donors (Lipinski definition) is 2. The fraction of sp³-hybridized carbons (Fsp3) is 0.735. The molecule has 0 aromatic carbocycles. The van der Waals surface area contributed by atoms with Gasteiger partial charge in [0.05, 0.1) is 19.1 Å². The number of amides is 2. The van der Waals surface area contributed by atoms with Crippen molar-refractivity contribution in [2.24, 2.45) is 11.8 Å². The molecule has 3 aliphatic rings. The van der Waals surface area contributed by atoms with E-state index in [9.17, 15) is 24.6 Å². The lowest BCUT2D eigenvalue weighted by atomic mass is 9.89. The van der Waals surface area contributed by atoms with Gasteiger partial charge in [-0.2, -0.15) is 0 Å². The van der Waals surface area contributed by atoms with E-state index in [0.717, 1.165) is 31.5 Å². The van der Waals surface area contributed by atoms with Gasteiger partial charge in [-0.3, -0.25) is 4.79 Å². The van der Waals surface area contributed by atoms with Crippen LogP contribution in [0.1, 0.15) is 73.6 Å². The predicted octanol–water partition coefficient (Wildman–Crippen LogP) is 4.29. The summed E-state index contributed by atoms with van der Waals surface area (Å²) in [5.41, 5.74) is -0.694. The molecule has 8 atom stereocenters. The molecule has 0 unspecified atom stereocenters. The molecule has 2 fully saturated rings. The Kier molecular flexibility index (Phi) is 13.5. The Balaban J connectivity index is 1.70. The third-order valence-corrected chi connectivity index (χ3v) is 9.19. The average molecular weight is 634 g/mol. The molecule has 3 rings (SSSR count). The monoisotopic (exact) mass is 633 g/mol. The molecule has 2 saturated heterocycles. The molecular formula is C34H55N3O8. The minimum Gasteiger partial charge on any atom is -0.457 e. The predicted molar refractivity (Wildman–Crippen MR) is 171 cm³/mol. The van der Waals surface area contributed by atoms with Gasteiger partial charge in [-0.15, -0.1) is 0 Å². The van der Waals surface area contributed by atoms with Crippen molar-refractivity contribution in [3.05, 3.63) is 36.0 Å². The van der Waals surface area contributed by atoms with Crippen molar-refractivity contribution in [3.63, 3.8) is 0 Å². The van der Waals surface area contributed by atoms with E-state index >= 15 is 0 Å². The lowest BCUT2D eigenvalue weighted by Crippen LogP contribution is -2.50. The van der Waals surface area contributed by atoms with Crippen LogP contribution in [0.4, 0.5) is 9.59 Å². The van der Waals surface area contributed by atoms with Crippen LogP contribution in [0.2, 0.25) is 0 Å². The van der Waals surface area contributed by atoms with Crippen molar-refractivity contribution in [2.75, 3.05) is 39.8 Å². The van der Waals surface area contributed by atoms with Gasteiger partial charge in [0, 0.05) is 50.1 Å². The Bertz CT molecular complexity index is 1090. The second-order valence-corrected chi connectivity index (χ2v) is 13.5. The van der Waals surface area contributed by atoms with Crippen molar-refractivity contribution in [1.82, 2.24) is 14.7 Å². The first-order chi connectivity index (χ1) is 21.2. The Labute approximate surface area is 268 Å². The summed E-state index contributed by atoms with van der Waals surface area (Å²) in [6.07, 6.45) is 7.70. The van der Waals surface area contributed by atoms with Crippen LogP contribution in [0.3, 0.4) is 0 Å². The van der Waals surface area contributed by atoms with Crippen molar-refractivity contribution >= 4 is 18.2 Å². The van der Waals surface area contributed by atoms with Crippen LogP contribution in [0.15, 0.2) is 36.0 Å². The zero-order valence-corrected chi connectivity index (χ0v) is 28.2. The van der Waals surface area contributed by atoms with Gasteiger partial charge in [0.25, 0.3) is 0 Å². The topological polar surface area (TPSA) is 129 Å². The van der Waals surface area contributed by atoms with Crippen LogP contribution in [-0.4, -0.2) is 119 Å². The van der Waals surface area contributed by atoms with Crippen molar-refractivity contribution in [2.45, 2.75) is 110 Å². The Morgan fingerprint density at radius 1 is 1.09 bits per heavy atom. The van der Waals surface area contributed by atoms with Crippen molar-refractivity contribution < 1.29 is 38.8 Å². The fourth-order valence-corrected chi connectivity index (χ4v) is 6.00. The maximum absolute atomic E-state index is 13.0. The summed E-state index contributed by atoms with van der Waals surface area (Å²) in [4.78, 5) is 44.0. The molecular weight excluding hydrogens is 578 g/mol. The second kappa shape index (κ2) is 16.6. The maximum Gasteiger partial charge on any atom is 0.410 e. The first kappa shape index (κ1) is 36.6. The highest BCUT2D eigenvalue weighted by atomic mass is 16.6. The van der Waals surface area contributed by atoms with Crippen LogP contribution in [0, 0.1) is 11.8 Å². The number of aliphatic hydroxyl groups is 2. The molecule has 0 aromatic rings. The van der Waals surface area contributed by atoms with E-state index in [0.29, 0.717) is 13.1 Å². The molecule has 11 nitrogen and oxygen atoms in total. The van der Waals surface area contributed by atoms with Gasteiger partial charge in [0.15, 0.2) is 6.10 Å². The number of likely N-dealkylation sites (tertiary alicyclic amines) is 1. The molecule has 2 amide bonds. The quantitative estimate of drug-likeness (QED) is 0.191. The van der Waals surface area contributed by atoms with E-state index in [2.05, 4.69) is 4.90 Å². The molecule has 11 heteroatoms. The number of likely N-dealkylation sites (N-methyl/N-ethyl adjacent to an activating group) is 1. The van der Waals surface area contributed by atoms with Crippen LogP contribution >= 0.6 is 0 Å². The van der Waals surface area contributed by atoms with Crippen LogP contribution in [-0.2, 0) is 19.0 Å². The molecule has 0 saturated carbocycles. The SMILES string of the molecule is C/C(=C\C=C\[C@@H](C)COC(=O)N1[C@@H](C)CC[C@@H]1C)[C@H]1OC(=O)C[C@@H](O)CC[C@](C)(O)[C@@H](OC(=O)N2CCN(C)CC2)/C=C\[C@@H]1C. The number of carbonyl (C=O) groups excluding carboxylic acids is 3. The van der Waals surface area contributed by atoms with Crippen LogP contribution in [0.25, 0.3) is 0 Å². The number of esters is 1. The summed E-state index contributed by atoms with van der Waals surface area (Å²) >= 11 is 0. The summed E-state index contributed by atoms with van der Waals surface area (Å²) in [5.74, 6) is -0.900. The number of nitrogens with zero attached hydrogens (tertiary/aromatic N) is 3. The lowest BCUT2D eigenvalue weighted by Gasteiger charge is -2.36. The summed E-state index contributed by atoms with van der Waals surface area (Å²) in [5, 5.41) is 21.9. The highest BCUT2D eigenvalue weighted by Crippen LogP contribution is 2.28. The number of ether oxygens (including phenoxy) is 3. The summed E-state index contributed by atoms with van der Waals surface area (Å²) < 4.78 is 17.3. The minimum absolute atomic E-state index is 0.0319. The van der Waals surface area contributed by atoms with Crippen LogP contribution < -0.4 is 0 Å². The van der Waals surface area contributed by atoms with E-state index in [1.165, 1.54) is 0 Å². The number of aliphatic hydroxyl groups excluding tert-OH is 1. The molecule has 3 heterocycles. The van der Waals surface area contributed by atoms with Gasteiger partial charge in [-0.1, -0.05) is 38.2 Å². The maximum atomic E-state index is 13.0. The molecule has 0 aromatic heterocycles. The van der Waals surface area contributed by atoms with Gasteiger partial charge in [-0.05, 0) is 72.1 Å². The number of hydrogen-bond acceptors (Lipinski definition) is 9. The second-order valence-electron chi connectivity index (χ2n) is 13.5. The van der Waals surface area contributed by atoms with Crippen molar-refractivity contribution in [3.8, 4) is 0 Å². The highest BCUT2D eigenvalue weighted by molar-refractivity contribution is 5.70. The standard InChI is InChI=1S/C34H55N3O8/c1-23(22-43-33(41)37-26(4)12-13-27(37)5)9-8-10-24(2)31-25(3)11-14-29(44-32(40)36-19-17-35(7)18-20-36)34(6,42)16-15-28(38)21-30(39)45-31/h8-11,14,23,25-29,31,38,42H,12-13,15-22H2,1-7H3/b9-8+,14-11-,24-10+/t23-,25+,26+,27+,28+,29+,31-,34+/m1/s1. The number of piperazine rings is 1. The first-order valence-corrected chi connectivity index (χ1v) is 16.4. The number of carbonyl (C=O) groups is 3. The Morgan fingerprint density at radius 3 is 2.38 bits per heavy atom. The van der Waals surface area contributed by atoms with Gasteiger partial charge in [-0.25, -0.2) is 9.59 Å². The molecule has 45 heavy (non-hydrogen) atoms. The van der Waals surface area contributed by atoms with Gasteiger partial charge in [0.1, 0.15) is 11.7 Å². The minimum atomic E-state index is -1.46. The molecule has 2 N–H and O–H groups in total. The van der Waals surface area contributed by atoms with E-state index in [1.54, 1.807) is 24.0 Å². The summed E-state index contributed by atoms with van der Waals surface area (Å²) in [7, 11) is 2.00. The highest BCUT2D eigenvalue weighted by Gasteiger charge is 2.37. The van der Waals surface area contributed by atoms with Crippen LogP contribution in [0.5, 0.6) is 0 Å². The summed E-state index contributed by atoms with van der Waals surface area (Å²) in [6.45, 7) is 14.2. The molecule has 0 bridgehead atoms. The third-order valence-electron chi connectivity index (χ3n) is 9.19. The zero-order valence-electron chi connectivity index (χ0n) is 28.2. The van der Waals surface area contributed by atoms with E-state index in [4.69, 9.17) is 14.2 Å². The number of cyclic esters (lactones) is 1. The fourth-order valence-electron chi connectivity index (χ4n) is 6.00. The number of allylic oxidation sites excluding steroid dienone is 2. The van der Waals surface area contributed by atoms with Gasteiger partial charge < -0.3 is 39.1 Å². The first-order valence-electron chi connectivity index (χ1n) is 16.4. The molecule has 254 valence electrons. The van der Waals surface area contributed by atoms with Crippen molar-refractivity contribution in [1.29, 1.82) is 0 Å². The largest absolute Gasteiger partial charge is 0.457 e. The normalized spacial score (nSPS) is 34.1. The third kappa shape index (κ3) is 10.9. The lowest BCUT2D eigenvalue weighted by molar-refractivity contribution is -0.151.